The van der Waals surface area contributed by atoms with Crippen LogP contribution in [0.2, 0.25) is 0 Å². The molecule has 0 aliphatic carbocycles. The van der Waals surface area contributed by atoms with Crippen LogP contribution in [-0.2, 0) is 11.3 Å². The number of aryl methyl sites for hydroxylation is 2. The Hall–Kier alpha value is -3.59. The molecular weight excluding hydrogens is 452 g/mol. The second-order valence-corrected chi connectivity index (χ2v) is 8.75. The Kier molecular flexibility index (Phi) is 6.74. The van der Waals surface area contributed by atoms with Crippen molar-refractivity contribution in [2.75, 3.05) is 12.9 Å². The van der Waals surface area contributed by atoms with E-state index in [4.69, 9.17) is 9.15 Å². The summed E-state index contributed by atoms with van der Waals surface area (Å²) < 4.78 is 14.2. The Bertz CT molecular complexity index is 1350. The minimum atomic E-state index is -0.383. The molecule has 0 aliphatic rings. The van der Waals surface area contributed by atoms with Gasteiger partial charge in [-0.3, -0.25) is 4.79 Å². The number of rotatable bonds is 8. The third-order valence-corrected chi connectivity index (χ3v) is 6.71. The molecule has 176 valence electrons. The number of thioether (sulfide) groups is 1. The van der Waals surface area contributed by atoms with Gasteiger partial charge in [-0.25, -0.2) is 4.79 Å². The lowest BCUT2D eigenvalue weighted by molar-refractivity contribution is 0.0600. The summed E-state index contributed by atoms with van der Waals surface area (Å²) in [5.41, 5.74) is 4.70. The van der Waals surface area contributed by atoms with Gasteiger partial charge in [-0.1, -0.05) is 11.8 Å². The second kappa shape index (κ2) is 9.72. The van der Waals surface area contributed by atoms with E-state index in [1.165, 1.54) is 18.9 Å². The molecule has 0 saturated heterocycles. The predicted molar refractivity (Wildman–Crippen MR) is 130 cm³/mol. The number of ether oxygens (including phenoxy) is 1. The molecule has 4 aromatic rings. The number of hydrogen-bond acceptors (Lipinski definition) is 7. The van der Waals surface area contributed by atoms with E-state index in [1.54, 1.807) is 18.4 Å². The van der Waals surface area contributed by atoms with Crippen molar-refractivity contribution in [2.45, 2.75) is 39.4 Å². The molecule has 0 bridgehead atoms. The van der Waals surface area contributed by atoms with Gasteiger partial charge in [0.05, 0.1) is 30.3 Å². The van der Waals surface area contributed by atoms with Crippen molar-refractivity contribution in [3.63, 3.8) is 0 Å². The molecule has 0 spiro atoms. The monoisotopic (exact) mass is 478 g/mol. The quantitative estimate of drug-likeness (QED) is 0.199. The maximum absolute atomic E-state index is 13.1. The molecule has 4 rings (SSSR count). The Morgan fingerprint density at radius 3 is 2.44 bits per heavy atom. The van der Waals surface area contributed by atoms with Crippen molar-refractivity contribution in [1.82, 2.24) is 19.3 Å². The van der Waals surface area contributed by atoms with Crippen molar-refractivity contribution >= 4 is 23.5 Å². The van der Waals surface area contributed by atoms with E-state index in [0.29, 0.717) is 22.8 Å². The SMILES string of the molecule is CCn1c(SCC(=O)c2cc(C)n(-c3ccc(C(=O)OC)cc3)c2C)nnc1-c1ccoc1C. The average Bonchev–Trinajstić information content (AvgIpc) is 3.53. The average molecular weight is 479 g/mol. The standard InChI is InChI=1S/C25H26N4O4S/c1-6-28-23(20-11-12-33-17(20)4)26-27-25(28)34-14-22(30)21-13-15(2)29(16(21)3)19-9-7-18(8-10-19)24(31)32-5/h7-13H,6,14H2,1-5H3. The van der Waals surface area contributed by atoms with E-state index in [0.717, 1.165) is 34.2 Å². The van der Waals surface area contributed by atoms with E-state index in [2.05, 4.69) is 10.2 Å². The fourth-order valence-corrected chi connectivity index (χ4v) is 4.90. The van der Waals surface area contributed by atoms with Crippen LogP contribution in [0.25, 0.3) is 17.1 Å². The highest BCUT2D eigenvalue weighted by Gasteiger charge is 2.20. The van der Waals surface area contributed by atoms with Gasteiger partial charge in [0.1, 0.15) is 5.76 Å². The maximum atomic E-state index is 13.1. The van der Waals surface area contributed by atoms with Crippen LogP contribution in [-0.4, -0.2) is 43.9 Å². The van der Waals surface area contributed by atoms with Gasteiger partial charge in [0.15, 0.2) is 16.8 Å². The van der Waals surface area contributed by atoms with Crippen molar-refractivity contribution in [2.24, 2.45) is 0 Å². The van der Waals surface area contributed by atoms with Crippen LogP contribution in [0.4, 0.5) is 0 Å². The van der Waals surface area contributed by atoms with Crippen LogP contribution in [0.15, 0.2) is 52.2 Å². The molecule has 0 aliphatic heterocycles. The van der Waals surface area contributed by atoms with E-state index in [9.17, 15) is 9.59 Å². The normalized spacial score (nSPS) is 11.1. The summed E-state index contributed by atoms with van der Waals surface area (Å²) in [5.74, 6) is 1.39. The first-order valence-electron chi connectivity index (χ1n) is 10.9. The van der Waals surface area contributed by atoms with Crippen LogP contribution in [0.5, 0.6) is 0 Å². The Morgan fingerprint density at radius 1 is 1.09 bits per heavy atom. The highest BCUT2D eigenvalue weighted by atomic mass is 32.2. The predicted octanol–water partition coefficient (Wildman–Crippen LogP) is 5.04. The molecule has 3 heterocycles. The number of methoxy groups -OCH3 is 1. The Balaban J connectivity index is 1.53. The largest absolute Gasteiger partial charge is 0.469 e. The van der Waals surface area contributed by atoms with Gasteiger partial charge >= 0.3 is 5.97 Å². The number of ketones is 1. The van der Waals surface area contributed by atoms with Gasteiger partial charge in [-0.05, 0) is 64.1 Å². The summed E-state index contributed by atoms with van der Waals surface area (Å²) in [6.45, 7) is 8.47. The Labute approximate surface area is 201 Å². The van der Waals surface area contributed by atoms with Gasteiger partial charge in [0.2, 0.25) is 0 Å². The first-order valence-corrected chi connectivity index (χ1v) is 11.9. The summed E-state index contributed by atoms with van der Waals surface area (Å²) in [7, 11) is 1.36. The number of carbonyl (C=O) groups excluding carboxylic acids is 2. The number of Topliss-reactive ketones (excluding diaryl/α,β-unsaturated/α-hetero) is 1. The molecule has 0 radical (unpaired) electrons. The molecule has 34 heavy (non-hydrogen) atoms. The van der Waals surface area contributed by atoms with E-state index in [-0.39, 0.29) is 17.5 Å². The topological polar surface area (TPSA) is 92.2 Å². The van der Waals surface area contributed by atoms with Crippen LogP contribution in [0.3, 0.4) is 0 Å². The second-order valence-electron chi connectivity index (χ2n) is 7.81. The zero-order valence-corrected chi connectivity index (χ0v) is 20.6. The molecule has 3 aromatic heterocycles. The lowest BCUT2D eigenvalue weighted by Crippen LogP contribution is -2.07. The van der Waals surface area contributed by atoms with Gasteiger partial charge in [-0.2, -0.15) is 0 Å². The van der Waals surface area contributed by atoms with Crippen LogP contribution in [0, 0.1) is 20.8 Å². The van der Waals surface area contributed by atoms with Gasteiger partial charge in [0.25, 0.3) is 0 Å². The number of esters is 1. The minimum Gasteiger partial charge on any atom is -0.469 e. The number of furan rings is 1. The van der Waals surface area contributed by atoms with Gasteiger partial charge < -0.3 is 18.3 Å². The molecule has 0 N–H and O–H groups in total. The smallest absolute Gasteiger partial charge is 0.337 e. The van der Waals surface area contributed by atoms with Crippen molar-refractivity contribution in [3.05, 3.63) is 70.9 Å². The summed E-state index contributed by atoms with van der Waals surface area (Å²) in [6, 6.07) is 10.9. The molecular formula is C25H26N4O4S. The maximum Gasteiger partial charge on any atom is 0.337 e. The fourth-order valence-electron chi connectivity index (χ4n) is 4.01. The number of aromatic nitrogens is 4. The van der Waals surface area contributed by atoms with Crippen LogP contribution < -0.4 is 0 Å². The van der Waals surface area contributed by atoms with Crippen molar-refractivity contribution in [3.8, 4) is 17.1 Å². The van der Waals surface area contributed by atoms with E-state index < -0.39 is 0 Å². The molecule has 8 nitrogen and oxygen atoms in total. The molecule has 9 heteroatoms. The van der Waals surface area contributed by atoms with Crippen LogP contribution >= 0.6 is 11.8 Å². The third kappa shape index (κ3) is 4.31. The summed E-state index contributed by atoms with van der Waals surface area (Å²) >= 11 is 1.37. The third-order valence-electron chi connectivity index (χ3n) is 5.74. The number of benzene rings is 1. The number of carbonyl (C=O) groups is 2. The molecule has 1 aromatic carbocycles. The highest BCUT2D eigenvalue weighted by Crippen LogP contribution is 2.28. The molecule has 0 unspecified atom stereocenters. The van der Waals surface area contributed by atoms with E-state index >= 15 is 0 Å². The van der Waals surface area contributed by atoms with Gasteiger partial charge in [0, 0.05) is 29.2 Å². The van der Waals surface area contributed by atoms with Gasteiger partial charge in [-0.15, -0.1) is 10.2 Å². The zero-order valence-electron chi connectivity index (χ0n) is 19.8. The molecule has 0 amide bonds. The molecule has 0 fully saturated rings. The lowest BCUT2D eigenvalue weighted by atomic mass is 10.2. The minimum absolute atomic E-state index is 0.0159. The summed E-state index contributed by atoms with van der Waals surface area (Å²) in [6.07, 6.45) is 1.63. The van der Waals surface area contributed by atoms with Crippen LogP contribution in [0.1, 0.15) is 44.8 Å². The summed E-state index contributed by atoms with van der Waals surface area (Å²) in [5, 5.41) is 9.33. The first-order chi connectivity index (χ1) is 16.3. The number of nitrogens with zero attached hydrogens (tertiary/aromatic N) is 4. The lowest BCUT2D eigenvalue weighted by Gasteiger charge is -2.10. The van der Waals surface area contributed by atoms with E-state index in [1.807, 2.05) is 61.1 Å². The van der Waals surface area contributed by atoms with Crippen molar-refractivity contribution in [1.29, 1.82) is 0 Å². The highest BCUT2D eigenvalue weighted by molar-refractivity contribution is 7.99. The molecule has 0 saturated carbocycles. The zero-order chi connectivity index (χ0) is 24.4. The van der Waals surface area contributed by atoms with Crippen molar-refractivity contribution < 1.29 is 18.7 Å². The summed E-state index contributed by atoms with van der Waals surface area (Å²) in [4.78, 5) is 24.9. The molecule has 0 atom stereocenters. The number of hydrogen-bond donors (Lipinski definition) is 0. The Morgan fingerprint density at radius 2 is 1.82 bits per heavy atom. The fraction of sp³-hybridized carbons (Fsp3) is 0.280. The first kappa shape index (κ1) is 23.6.